The van der Waals surface area contributed by atoms with E-state index in [0.717, 1.165) is 11.3 Å². The molecule has 2 aromatic rings. The van der Waals surface area contributed by atoms with Crippen molar-refractivity contribution in [2.75, 3.05) is 0 Å². The summed E-state index contributed by atoms with van der Waals surface area (Å²) in [5.41, 5.74) is 2.06. The Morgan fingerprint density at radius 1 is 0.850 bits per heavy atom. The number of aryl methyl sites for hydroxylation is 1. The van der Waals surface area contributed by atoms with E-state index >= 15 is 0 Å². The SMILES string of the molecule is C[n+]1ccccc1C#Cc1ccccc1.[O-][Cl+3]([O-])([O-])[O-]. The summed E-state index contributed by atoms with van der Waals surface area (Å²) in [7, 11) is -2.95. The molecule has 2 rings (SSSR count). The van der Waals surface area contributed by atoms with Gasteiger partial charge in [0.15, 0.2) is 6.20 Å². The molecule has 6 heteroatoms. The van der Waals surface area contributed by atoms with Gasteiger partial charge in [0, 0.05) is 23.6 Å². The van der Waals surface area contributed by atoms with E-state index in [1.54, 1.807) is 0 Å². The monoisotopic (exact) mass is 293 g/mol. The van der Waals surface area contributed by atoms with Crippen LogP contribution < -0.4 is 23.2 Å². The molecule has 0 bridgehead atoms. The lowest BCUT2D eigenvalue weighted by atomic mass is 10.2. The lowest BCUT2D eigenvalue weighted by molar-refractivity contribution is -2.00. The van der Waals surface area contributed by atoms with Crippen molar-refractivity contribution in [2.45, 2.75) is 0 Å². The topological polar surface area (TPSA) is 96.1 Å². The summed E-state index contributed by atoms with van der Waals surface area (Å²) >= 11 is 0. The van der Waals surface area contributed by atoms with Crippen LogP contribution in [0.2, 0.25) is 0 Å². The first-order valence-corrected chi connectivity index (χ1v) is 6.73. The van der Waals surface area contributed by atoms with Crippen LogP contribution in [0.1, 0.15) is 11.3 Å². The van der Waals surface area contributed by atoms with Gasteiger partial charge in [-0.15, -0.1) is 10.2 Å². The fourth-order valence-corrected chi connectivity index (χ4v) is 1.31. The van der Waals surface area contributed by atoms with Gasteiger partial charge >= 0.3 is 0 Å². The maximum Gasteiger partial charge on any atom is 0.256 e. The number of hydrogen-bond acceptors (Lipinski definition) is 4. The van der Waals surface area contributed by atoms with Crippen LogP contribution in [0.25, 0.3) is 0 Å². The average Bonchev–Trinajstić information content (AvgIpc) is 2.37. The second kappa shape index (κ2) is 7.60. The first-order chi connectivity index (χ1) is 9.36. The van der Waals surface area contributed by atoms with Gasteiger partial charge in [0.1, 0.15) is 7.05 Å². The molecule has 0 aliphatic rings. The van der Waals surface area contributed by atoms with E-state index in [0.29, 0.717) is 0 Å². The summed E-state index contributed by atoms with van der Waals surface area (Å²) in [5, 5.41) is 0. The molecule has 1 heterocycles. The van der Waals surface area contributed by atoms with E-state index in [4.69, 9.17) is 18.6 Å². The molecule has 0 N–H and O–H groups in total. The first-order valence-electron chi connectivity index (χ1n) is 5.50. The zero-order valence-electron chi connectivity index (χ0n) is 10.7. The molecular formula is C14H12ClNO4. The zero-order chi connectivity index (χ0) is 15.0. The highest BCUT2D eigenvalue weighted by Crippen LogP contribution is 1.95. The third kappa shape index (κ3) is 7.48. The van der Waals surface area contributed by atoms with Crippen LogP contribution in [0.5, 0.6) is 0 Å². The van der Waals surface area contributed by atoms with Gasteiger partial charge in [-0.05, 0) is 18.2 Å². The Morgan fingerprint density at radius 2 is 1.40 bits per heavy atom. The number of hydrogen-bond donors (Lipinski definition) is 0. The van der Waals surface area contributed by atoms with Gasteiger partial charge in [-0.2, -0.15) is 4.57 Å². The molecule has 1 aromatic heterocycles. The van der Waals surface area contributed by atoms with Gasteiger partial charge in [-0.3, -0.25) is 0 Å². The van der Waals surface area contributed by atoms with Crippen molar-refractivity contribution in [1.29, 1.82) is 0 Å². The largest absolute Gasteiger partial charge is 0.256 e. The first kappa shape index (κ1) is 16.1. The van der Waals surface area contributed by atoms with Crippen molar-refractivity contribution in [1.82, 2.24) is 0 Å². The van der Waals surface area contributed by atoms with Gasteiger partial charge in [-0.25, -0.2) is 18.6 Å². The zero-order valence-corrected chi connectivity index (χ0v) is 11.4. The van der Waals surface area contributed by atoms with E-state index in [2.05, 4.69) is 11.8 Å². The van der Waals surface area contributed by atoms with Crippen LogP contribution in [0, 0.1) is 22.1 Å². The molecule has 20 heavy (non-hydrogen) atoms. The number of halogens is 1. The lowest BCUT2D eigenvalue weighted by Gasteiger charge is -2.17. The van der Waals surface area contributed by atoms with E-state index in [1.165, 1.54) is 0 Å². The van der Waals surface area contributed by atoms with Gasteiger partial charge in [0.2, 0.25) is 0 Å². The van der Waals surface area contributed by atoms with E-state index in [-0.39, 0.29) is 0 Å². The summed E-state index contributed by atoms with van der Waals surface area (Å²) in [5.74, 6) is 6.27. The van der Waals surface area contributed by atoms with Crippen LogP contribution in [0.4, 0.5) is 0 Å². The Kier molecular flexibility index (Phi) is 6.12. The molecule has 0 atom stereocenters. The van der Waals surface area contributed by atoms with Crippen molar-refractivity contribution >= 4 is 0 Å². The summed E-state index contributed by atoms with van der Waals surface area (Å²) < 4.78 is 36.0. The minimum Gasteiger partial charge on any atom is -0.222 e. The van der Waals surface area contributed by atoms with Crippen LogP contribution >= 0.6 is 0 Å². The van der Waals surface area contributed by atoms with Crippen molar-refractivity contribution in [3.63, 3.8) is 0 Å². The molecule has 0 saturated heterocycles. The lowest BCUT2D eigenvalue weighted by Crippen LogP contribution is -2.68. The van der Waals surface area contributed by atoms with Crippen molar-refractivity contribution in [3.8, 4) is 11.8 Å². The summed E-state index contributed by atoms with van der Waals surface area (Å²) in [4.78, 5) is 0. The number of pyridine rings is 1. The minimum atomic E-state index is -4.94. The molecule has 0 amide bonds. The van der Waals surface area contributed by atoms with E-state index < -0.39 is 10.2 Å². The minimum absolute atomic E-state index is 1.02. The molecule has 0 spiro atoms. The number of aromatic nitrogens is 1. The molecule has 1 aromatic carbocycles. The normalized spacial score (nSPS) is 9.85. The molecule has 0 unspecified atom stereocenters. The van der Waals surface area contributed by atoms with Gasteiger partial charge in [-0.1, -0.05) is 24.1 Å². The van der Waals surface area contributed by atoms with E-state index in [1.807, 2.05) is 66.3 Å². The predicted octanol–water partition coefficient (Wildman–Crippen LogP) is -2.85. The molecule has 104 valence electrons. The third-order valence-electron chi connectivity index (χ3n) is 2.16. The highest BCUT2D eigenvalue weighted by Gasteiger charge is 1.97. The number of rotatable bonds is 0. The Morgan fingerprint density at radius 3 is 1.95 bits per heavy atom. The molecular weight excluding hydrogens is 282 g/mol. The van der Waals surface area contributed by atoms with Crippen LogP contribution in [0.15, 0.2) is 54.7 Å². The van der Waals surface area contributed by atoms with Crippen molar-refractivity contribution in [2.24, 2.45) is 7.05 Å². The highest BCUT2D eigenvalue weighted by atomic mass is 35.7. The second-order valence-electron chi connectivity index (χ2n) is 3.69. The van der Waals surface area contributed by atoms with Crippen molar-refractivity contribution in [3.05, 3.63) is 66.0 Å². The fourth-order valence-electron chi connectivity index (χ4n) is 1.31. The summed E-state index contributed by atoms with van der Waals surface area (Å²) in [6.45, 7) is 0. The Bertz CT molecular complexity index is 594. The molecule has 0 aliphatic heterocycles. The van der Waals surface area contributed by atoms with Crippen LogP contribution in [-0.4, -0.2) is 0 Å². The number of benzene rings is 1. The smallest absolute Gasteiger partial charge is 0.222 e. The second-order valence-corrected chi connectivity index (χ2v) is 4.45. The third-order valence-corrected chi connectivity index (χ3v) is 2.16. The average molecular weight is 294 g/mol. The molecule has 0 radical (unpaired) electrons. The highest BCUT2D eigenvalue weighted by molar-refractivity contribution is 5.38. The fraction of sp³-hybridized carbons (Fsp3) is 0.0714. The summed E-state index contributed by atoms with van der Waals surface area (Å²) in [6, 6.07) is 16.0. The van der Waals surface area contributed by atoms with Gasteiger partial charge < -0.3 is 0 Å². The van der Waals surface area contributed by atoms with Crippen LogP contribution in [-0.2, 0) is 7.05 Å². The molecule has 0 fully saturated rings. The predicted molar refractivity (Wildman–Crippen MR) is 60.0 cm³/mol. The maximum atomic E-state index is 8.49. The van der Waals surface area contributed by atoms with Crippen molar-refractivity contribution < 1.29 is 33.4 Å². The standard InChI is InChI=1S/C14H12N.ClHO4/c1-15-12-6-5-9-14(15)11-10-13-7-3-2-4-8-13;2-1(3,4)5/h2-9,12H,1H3;(H,2,3,4,5)/q+1;/p-1. The molecule has 5 nitrogen and oxygen atoms in total. The molecule has 0 aliphatic carbocycles. The Balaban J connectivity index is 0.000000347. The van der Waals surface area contributed by atoms with Crippen LogP contribution in [0.3, 0.4) is 0 Å². The molecule has 0 saturated carbocycles. The van der Waals surface area contributed by atoms with Gasteiger partial charge in [0.05, 0.1) is 0 Å². The maximum absolute atomic E-state index is 8.49. The van der Waals surface area contributed by atoms with E-state index in [9.17, 15) is 0 Å². The van der Waals surface area contributed by atoms with Gasteiger partial charge in [0.25, 0.3) is 5.69 Å². The quantitative estimate of drug-likeness (QED) is 0.386. The Labute approximate surface area is 119 Å². The number of nitrogens with zero attached hydrogens (tertiary/aromatic N) is 1. The Hall–Kier alpha value is -1.94. The summed E-state index contributed by atoms with van der Waals surface area (Å²) in [6.07, 6.45) is 2.00.